The summed E-state index contributed by atoms with van der Waals surface area (Å²) in [5.41, 5.74) is 12.7. The van der Waals surface area contributed by atoms with Crippen molar-refractivity contribution in [2.24, 2.45) is 5.18 Å². The summed E-state index contributed by atoms with van der Waals surface area (Å²) >= 11 is 0. The van der Waals surface area contributed by atoms with Crippen LogP contribution in [0.3, 0.4) is 0 Å². The SMILES string of the molecule is Cc1cc(N)c(N)c(N=O)c1. The summed E-state index contributed by atoms with van der Waals surface area (Å²) in [6.07, 6.45) is 0. The van der Waals surface area contributed by atoms with E-state index < -0.39 is 0 Å². The molecule has 0 aliphatic heterocycles. The summed E-state index contributed by atoms with van der Waals surface area (Å²) in [5, 5.41) is 2.74. The van der Waals surface area contributed by atoms with Gasteiger partial charge in [0.1, 0.15) is 5.69 Å². The van der Waals surface area contributed by atoms with E-state index in [4.69, 9.17) is 11.5 Å². The molecule has 1 rings (SSSR count). The monoisotopic (exact) mass is 151 g/mol. The van der Waals surface area contributed by atoms with Gasteiger partial charge in [-0.05, 0) is 29.8 Å². The van der Waals surface area contributed by atoms with Crippen LogP contribution in [-0.2, 0) is 0 Å². The molecule has 0 radical (unpaired) electrons. The second-order valence-corrected chi connectivity index (χ2v) is 2.38. The lowest BCUT2D eigenvalue weighted by atomic mass is 10.1. The van der Waals surface area contributed by atoms with E-state index in [1.807, 2.05) is 6.92 Å². The Bertz CT molecular complexity index is 296. The van der Waals surface area contributed by atoms with Crippen molar-refractivity contribution in [3.8, 4) is 0 Å². The molecule has 0 amide bonds. The van der Waals surface area contributed by atoms with Gasteiger partial charge in [-0.1, -0.05) is 0 Å². The highest BCUT2D eigenvalue weighted by atomic mass is 16.3. The van der Waals surface area contributed by atoms with Crippen molar-refractivity contribution in [1.29, 1.82) is 0 Å². The first-order valence-electron chi connectivity index (χ1n) is 3.14. The molecule has 0 atom stereocenters. The minimum Gasteiger partial charge on any atom is -0.397 e. The van der Waals surface area contributed by atoms with Gasteiger partial charge in [0.2, 0.25) is 0 Å². The Balaban J connectivity index is 3.35. The van der Waals surface area contributed by atoms with Crippen LogP contribution < -0.4 is 11.5 Å². The molecule has 0 unspecified atom stereocenters. The molecule has 0 saturated carbocycles. The van der Waals surface area contributed by atoms with Gasteiger partial charge in [0.05, 0.1) is 11.4 Å². The molecule has 1 aromatic rings. The highest BCUT2D eigenvalue weighted by molar-refractivity contribution is 5.77. The molecule has 0 aromatic heterocycles. The zero-order valence-electron chi connectivity index (χ0n) is 6.16. The van der Waals surface area contributed by atoms with Crippen LogP contribution in [0.15, 0.2) is 17.3 Å². The van der Waals surface area contributed by atoms with Crippen molar-refractivity contribution in [3.63, 3.8) is 0 Å². The van der Waals surface area contributed by atoms with E-state index in [1.165, 1.54) is 0 Å². The molecular weight excluding hydrogens is 142 g/mol. The third-order valence-electron chi connectivity index (χ3n) is 1.43. The van der Waals surface area contributed by atoms with Gasteiger partial charge in [-0.3, -0.25) is 0 Å². The van der Waals surface area contributed by atoms with E-state index in [-0.39, 0.29) is 11.4 Å². The fourth-order valence-corrected chi connectivity index (χ4v) is 0.882. The maximum atomic E-state index is 10.1. The van der Waals surface area contributed by atoms with Crippen LogP contribution in [0.5, 0.6) is 0 Å². The topological polar surface area (TPSA) is 81.5 Å². The van der Waals surface area contributed by atoms with Crippen LogP contribution >= 0.6 is 0 Å². The summed E-state index contributed by atoms with van der Waals surface area (Å²) in [6.45, 7) is 1.82. The van der Waals surface area contributed by atoms with E-state index >= 15 is 0 Å². The number of nitrogens with zero attached hydrogens (tertiary/aromatic N) is 1. The number of rotatable bonds is 1. The molecule has 0 spiro atoms. The van der Waals surface area contributed by atoms with Crippen molar-refractivity contribution in [3.05, 3.63) is 22.6 Å². The van der Waals surface area contributed by atoms with E-state index in [9.17, 15) is 4.91 Å². The molecule has 0 heterocycles. The van der Waals surface area contributed by atoms with Crippen LogP contribution in [0.25, 0.3) is 0 Å². The first-order chi connectivity index (χ1) is 5.15. The van der Waals surface area contributed by atoms with E-state index in [1.54, 1.807) is 12.1 Å². The van der Waals surface area contributed by atoms with Gasteiger partial charge in [-0.15, -0.1) is 4.91 Å². The number of hydrogen-bond donors (Lipinski definition) is 2. The number of anilines is 2. The quantitative estimate of drug-likeness (QED) is 0.472. The second-order valence-electron chi connectivity index (χ2n) is 2.38. The Kier molecular flexibility index (Phi) is 1.76. The number of nitroso groups, excluding NO2 is 1. The number of aryl methyl sites for hydroxylation is 1. The lowest BCUT2D eigenvalue weighted by Crippen LogP contribution is -1.95. The Morgan fingerprint density at radius 2 is 2.00 bits per heavy atom. The van der Waals surface area contributed by atoms with E-state index in [0.29, 0.717) is 5.69 Å². The van der Waals surface area contributed by atoms with Crippen molar-refractivity contribution >= 4 is 17.1 Å². The zero-order chi connectivity index (χ0) is 8.43. The second kappa shape index (κ2) is 2.57. The maximum absolute atomic E-state index is 10.1. The fourth-order valence-electron chi connectivity index (χ4n) is 0.882. The van der Waals surface area contributed by atoms with Gasteiger partial charge in [-0.2, -0.15) is 0 Å². The molecule has 0 aliphatic carbocycles. The van der Waals surface area contributed by atoms with Gasteiger partial charge >= 0.3 is 0 Å². The minimum absolute atomic E-state index is 0.211. The molecule has 0 bridgehead atoms. The van der Waals surface area contributed by atoms with Crippen molar-refractivity contribution in [2.75, 3.05) is 11.5 Å². The van der Waals surface area contributed by atoms with Crippen LogP contribution in [0.2, 0.25) is 0 Å². The molecule has 0 saturated heterocycles. The Hall–Kier alpha value is -1.58. The van der Waals surface area contributed by atoms with E-state index in [2.05, 4.69) is 5.18 Å². The summed E-state index contributed by atoms with van der Waals surface area (Å²) in [4.78, 5) is 10.1. The number of nitrogens with two attached hydrogens (primary N) is 2. The molecule has 4 N–H and O–H groups in total. The maximum Gasteiger partial charge on any atom is 0.133 e. The first kappa shape index (κ1) is 7.53. The van der Waals surface area contributed by atoms with E-state index in [0.717, 1.165) is 5.56 Å². The Morgan fingerprint density at radius 1 is 1.36 bits per heavy atom. The number of benzene rings is 1. The highest BCUT2D eigenvalue weighted by Crippen LogP contribution is 2.28. The standard InChI is InChI=1S/C7H9N3O/c1-4-2-5(8)7(9)6(3-4)10-11/h2-3H,8-9H2,1H3. The highest BCUT2D eigenvalue weighted by Gasteiger charge is 2.02. The predicted molar refractivity (Wildman–Crippen MR) is 45.5 cm³/mol. The molecule has 58 valence electrons. The minimum atomic E-state index is 0.211. The van der Waals surface area contributed by atoms with Crippen molar-refractivity contribution < 1.29 is 0 Å². The van der Waals surface area contributed by atoms with Crippen LogP contribution in [0.1, 0.15) is 5.56 Å². The molecule has 11 heavy (non-hydrogen) atoms. The van der Waals surface area contributed by atoms with Gasteiger partial charge in [0.25, 0.3) is 0 Å². The lowest BCUT2D eigenvalue weighted by molar-refractivity contribution is 1.42. The van der Waals surface area contributed by atoms with Gasteiger partial charge in [0.15, 0.2) is 0 Å². The number of nitrogen functional groups attached to an aromatic ring is 2. The molecule has 4 nitrogen and oxygen atoms in total. The molecule has 1 aromatic carbocycles. The van der Waals surface area contributed by atoms with Gasteiger partial charge < -0.3 is 11.5 Å². The smallest absolute Gasteiger partial charge is 0.133 e. The average molecular weight is 151 g/mol. The molecule has 0 aliphatic rings. The normalized spacial score (nSPS) is 9.55. The summed E-state index contributed by atoms with van der Waals surface area (Å²) in [6, 6.07) is 3.29. The third-order valence-corrected chi connectivity index (χ3v) is 1.43. The van der Waals surface area contributed by atoms with Gasteiger partial charge in [0, 0.05) is 0 Å². The molecular formula is C7H9N3O. The van der Waals surface area contributed by atoms with Crippen molar-refractivity contribution in [1.82, 2.24) is 0 Å². The first-order valence-corrected chi connectivity index (χ1v) is 3.14. The third kappa shape index (κ3) is 1.29. The average Bonchev–Trinajstić information content (AvgIpc) is 1.96. The molecule has 0 fully saturated rings. The summed E-state index contributed by atoms with van der Waals surface area (Å²) in [7, 11) is 0. The van der Waals surface area contributed by atoms with Crippen LogP contribution in [-0.4, -0.2) is 0 Å². The fraction of sp³-hybridized carbons (Fsp3) is 0.143. The number of hydrogen-bond acceptors (Lipinski definition) is 4. The zero-order valence-corrected chi connectivity index (χ0v) is 6.16. The Labute approximate surface area is 64.2 Å². The largest absolute Gasteiger partial charge is 0.397 e. The van der Waals surface area contributed by atoms with Crippen LogP contribution in [0, 0.1) is 11.8 Å². The Morgan fingerprint density at radius 3 is 2.55 bits per heavy atom. The van der Waals surface area contributed by atoms with Crippen LogP contribution in [0.4, 0.5) is 17.1 Å². The summed E-state index contributed by atoms with van der Waals surface area (Å²) < 4.78 is 0. The predicted octanol–water partition coefficient (Wildman–Crippen LogP) is 1.56. The molecule has 4 heteroatoms. The van der Waals surface area contributed by atoms with Gasteiger partial charge in [-0.25, -0.2) is 0 Å². The summed E-state index contributed by atoms with van der Waals surface area (Å²) in [5.74, 6) is 0. The lowest BCUT2D eigenvalue weighted by Gasteiger charge is -2.02. The van der Waals surface area contributed by atoms with Crippen molar-refractivity contribution in [2.45, 2.75) is 6.92 Å².